The standard InChI is InChI=1S/C21H22N4O2/c1-4-27-19-8-6-5-7-18(19)24-21-22-14(2)13-20(25-21)23-17-11-9-16(10-12-17)15(3)26/h5-13H,4H2,1-3H3,(H2,22,23,24,25). The predicted molar refractivity (Wildman–Crippen MR) is 107 cm³/mol. The number of Topliss-reactive ketones (excluding diaryl/α,β-unsaturated/α-hetero) is 1. The van der Waals surface area contributed by atoms with Gasteiger partial charge in [0.1, 0.15) is 11.6 Å². The summed E-state index contributed by atoms with van der Waals surface area (Å²) in [7, 11) is 0. The summed E-state index contributed by atoms with van der Waals surface area (Å²) in [5.74, 6) is 1.93. The quantitative estimate of drug-likeness (QED) is 0.584. The molecule has 0 saturated heterocycles. The Balaban J connectivity index is 1.81. The molecule has 1 aromatic heterocycles. The first-order valence-electron chi connectivity index (χ1n) is 8.77. The maximum absolute atomic E-state index is 11.4. The molecule has 6 heteroatoms. The van der Waals surface area contributed by atoms with Gasteiger partial charge in [-0.05, 0) is 57.2 Å². The molecule has 0 unspecified atom stereocenters. The maximum atomic E-state index is 11.4. The second-order valence-electron chi connectivity index (χ2n) is 6.03. The molecule has 0 aliphatic heterocycles. The molecule has 2 aromatic carbocycles. The normalized spacial score (nSPS) is 10.3. The number of rotatable bonds is 7. The van der Waals surface area contributed by atoms with Crippen molar-refractivity contribution < 1.29 is 9.53 Å². The SMILES string of the molecule is CCOc1ccccc1Nc1nc(C)cc(Nc2ccc(C(C)=O)cc2)n1. The first-order chi connectivity index (χ1) is 13.0. The Labute approximate surface area is 158 Å². The first-order valence-corrected chi connectivity index (χ1v) is 8.77. The molecule has 138 valence electrons. The minimum atomic E-state index is 0.0406. The summed E-state index contributed by atoms with van der Waals surface area (Å²) in [5.41, 5.74) is 3.15. The number of ether oxygens (including phenoxy) is 1. The monoisotopic (exact) mass is 362 g/mol. The van der Waals surface area contributed by atoms with E-state index in [4.69, 9.17) is 4.74 Å². The van der Waals surface area contributed by atoms with Crippen molar-refractivity contribution in [2.45, 2.75) is 20.8 Å². The number of ketones is 1. The van der Waals surface area contributed by atoms with Gasteiger partial charge in [0.15, 0.2) is 5.78 Å². The van der Waals surface area contributed by atoms with Crippen LogP contribution in [0.25, 0.3) is 0 Å². The van der Waals surface area contributed by atoms with E-state index >= 15 is 0 Å². The number of hydrogen-bond donors (Lipinski definition) is 2. The number of nitrogens with one attached hydrogen (secondary N) is 2. The Hall–Kier alpha value is -3.41. The molecule has 0 aliphatic rings. The molecular formula is C21H22N4O2. The minimum absolute atomic E-state index is 0.0406. The third-order valence-electron chi connectivity index (χ3n) is 3.85. The smallest absolute Gasteiger partial charge is 0.229 e. The van der Waals surface area contributed by atoms with E-state index < -0.39 is 0 Å². The van der Waals surface area contributed by atoms with Gasteiger partial charge < -0.3 is 15.4 Å². The number of carbonyl (C=O) groups is 1. The number of hydrogen-bond acceptors (Lipinski definition) is 6. The van der Waals surface area contributed by atoms with Crippen LogP contribution < -0.4 is 15.4 Å². The van der Waals surface area contributed by atoms with Crippen LogP contribution in [0.5, 0.6) is 5.75 Å². The molecule has 27 heavy (non-hydrogen) atoms. The largest absolute Gasteiger partial charge is 0.492 e. The van der Waals surface area contributed by atoms with Gasteiger partial charge in [0, 0.05) is 23.0 Å². The summed E-state index contributed by atoms with van der Waals surface area (Å²) < 4.78 is 5.63. The van der Waals surface area contributed by atoms with Crippen LogP contribution in [0.1, 0.15) is 29.9 Å². The summed E-state index contributed by atoms with van der Waals surface area (Å²) in [4.78, 5) is 20.4. The van der Waals surface area contributed by atoms with Gasteiger partial charge in [0.25, 0.3) is 0 Å². The highest BCUT2D eigenvalue weighted by atomic mass is 16.5. The second kappa shape index (κ2) is 8.31. The zero-order chi connectivity index (χ0) is 19.2. The van der Waals surface area contributed by atoms with Gasteiger partial charge in [-0.1, -0.05) is 12.1 Å². The molecular weight excluding hydrogens is 340 g/mol. The molecule has 0 amide bonds. The molecule has 3 aromatic rings. The van der Waals surface area contributed by atoms with Crippen LogP contribution in [-0.2, 0) is 0 Å². The third-order valence-corrected chi connectivity index (χ3v) is 3.85. The highest BCUT2D eigenvalue weighted by molar-refractivity contribution is 5.94. The predicted octanol–water partition coefficient (Wildman–Crippen LogP) is 4.87. The van der Waals surface area contributed by atoms with Crippen LogP contribution >= 0.6 is 0 Å². The van der Waals surface area contributed by atoms with Crippen molar-refractivity contribution >= 4 is 28.9 Å². The van der Waals surface area contributed by atoms with Crippen LogP contribution in [0.2, 0.25) is 0 Å². The lowest BCUT2D eigenvalue weighted by Gasteiger charge is -2.13. The molecule has 1 heterocycles. The van der Waals surface area contributed by atoms with Gasteiger partial charge in [-0.3, -0.25) is 4.79 Å². The summed E-state index contributed by atoms with van der Waals surface area (Å²) in [6, 6.07) is 16.8. The molecule has 6 nitrogen and oxygen atoms in total. The van der Waals surface area contributed by atoms with Gasteiger partial charge in [-0.15, -0.1) is 0 Å². The van der Waals surface area contributed by atoms with Gasteiger partial charge >= 0.3 is 0 Å². The first kappa shape index (κ1) is 18.4. The molecule has 0 fully saturated rings. The van der Waals surface area contributed by atoms with Crippen molar-refractivity contribution in [2.24, 2.45) is 0 Å². The topological polar surface area (TPSA) is 76.1 Å². The van der Waals surface area contributed by atoms with Crippen molar-refractivity contribution in [3.63, 3.8) is 0 Å². The lowest BCUT2D eigenvalue weighted by atomic mass is 10.1. The lowest BCUT2D eigenvalue weighted by molar-refractivity contribution is 0.101. The Morgan fingerprint density at radius 3 is 2.48 bits per heavy atom. The lowest BCUT2D eigenvalue weighted by Crippen LogP contribution is -2.04. The average Bonchev–Trinajstić information content (AvgIpc) is 2.63. The second-order valence-corrected chi connectivity index (χ2v) is 6.03. The van der Waals surface area contributed by atoms with Crippen molar-refractivity contribution in [1.82, 2.24) is 9.97 Å². The number of benzene rings is 2. The zero-order valence-electron chi connectivity index (χ0n) is 15.6. The number of aryl methyl sites for hydroxylation is 1. The van der Waals surface area contributed by atoms with Gasteiger partial charge in [0.05, 0.1) is 12.3 Å². The molecule has 0 atom stereocenters. The number of para-hydroxylation sites is 2. The molecule has 2 N–H and O–H groups in total. The Morgan fingerprint density at radius 2 is 1.78 bits per heavy atom. The zero-order valence-corrected chi connectivity index (χ0v) is 15.6. The van der Waals surface area contributed by atoms with Crippen LogP contribution in [-0.4, -0.2) is 22.4 Å². The van der Waals surface area contributed by atoms with Crippen molar-refractivity contribution in [1.29, 1.82) is 0 Å². The molecule has 3 rings (SSSR count). The summed E-state index contributed by atoms with van der Waals surface area (Å²) in [6.07, 6.45) is 0. The number of aromatic nitrogens is 2. The molecule has 0 spiro atoms. The van der Waals surface area contributed by atoms with Crippen LogP contribution in [0.3, 0.4) is 0 Å². The highest BCUT2D eigenvalue weighted by Crippen LogP contribution is 2.27. The fourth-order valence-corrected chi connectivity index (χ4v) is 2.60. The molecule has 0 aliphatic carbocycles. The van der Waals surface area contributed by atoms with Crippen LogP contribution in [0, 0.1) is 6.92 Å². The van der Waals surface area contributed by atoms with Crippen molar-refractivity contribution in [3.8, 4) is 5.75 Å². The Bertz CT molecular complexity index is 939. The van der Waals surface area contributed by atoms with E-state index in [1.54, 1.807) is 19.1 Å². The summed E-state index contributed by atoms with van der Waals surface area (Å²) in [6.45, 7) is 5.98. The summed E-state index contributed by atoms with van der Waals surface area (Å²) in [5, 5.41) is 6.46. The van der Waals surface area contributed by atoms with E-state index in [1.165, 1.54) is 0 Å². The fourth-order valence-electron chi connectivity index (χ4n) is 2.60. The van der Waals surface area contributed by atoms with E-state index in [0.717, 1.165) is 22.8 Å². The minimum Gasteiger partial charge on any atom is -0.492 e. The number of nitrogens with zero attached hydrogens (tertiary/aromatic N) is 2. The van der Waals surface area contributed by atoms with Crippen LogP contribution in [0.15, 0.2) is 54.6 Å². The number of carbonyl (C=O) groups excluding carboxylic acids is 1. The number of anilines is 4. The van der Waals surface area contributed by atoms with Gasteiger partial charge in [0.2, 0.25) is 5.95 Å². The van der Waals surface area contributed by atoms with Crippen LogP contribution in [0.4, 0.5) is 23.1 Å². The average molecular weight is 362 g/mol. The van der Waals surface area contributed by atoms with Gasteiger partial charge in [-0.25, -0.2) is 4.98 Å². The Morgan fingerprint density at radius 1 is 1.04 bits per heavy atom. The Kier molecular flexibility index (Phi) is 5.66. The van der Waals surface area contributed by atoms with Crippen molar-refractivity contribution in [3.05, 3.63) is 65.9 Å². The fraction of sp³-hybridized carbons (Fsp3) is 0.190. The van der Waals surface area contributed by atoms with Crippen molar-refractivity contribution in [2.75, 3.05) is 17.2 Å². The van der Waals surface area contributed by atoms with E-state index in [1.807, 2.05) is 56.3 Å². The highest BCUT2D eigenvalue weighted by Gasteiger charge is 2.07. The third kappa shape index (κ3) is 4.82. The molecule has 0 saturated carbocycles. The van der Waals surface area contributed by atoms with E-state index in [-0.39, 0.29) is 5.78 Å². The molecule has 0 bridgehead atoms. The van der Waals surface area contributed by atoms with E-state index in [2.05, 4.69) is 20.6 Å². The van der Waals surface area contributed by atoms with E-state index in [9.17, 15) is 4.79 Å². The summed E-state index contributed by atoms with van der Waals surface area (Å²) >= 11 is 0. The molecule has 0 radical (unpaired) electrons. The van der Waals surface area contributed by atoms with E-state index in [0.29, 0.717) is 23.9 Å². The van der Waals surface area contributed by atoms with Gasteiger partial charge in [-0.2, -0.15) is 4.98 Å². The maximum Gasteiger partial charge on any atom is 0.229 e.